The average Bonchev–Trinajstić information content (AvgIpc) is 2.37. The molecule has 0 saturated heterocycles. The van der Waals surface area contributed by atoms with E-state index in [0.29, 0.717) is 12.0 Å². The number of carbonyl (C=O) groups is 2. The Labute approximate surface area is 114 Å². The molecule has 0 aliphatic carbocycles. The van der Waals surface area contributed by atoms with Crippen LogP contribution in [0, 0.1) is 6.92 Å². The fourth-order valence-corrected chi connectivity index (χ4v) is 2.05. The highest BCUT2D eigenvalue weighted by Gasteiger charge is 2.35. The lowest BCUT2D eigenvalue weighted by Crippen LogP contribution is -2.52. The zero-order chi connectivity index (χ0) is 14.5. The number of ether oxygens (including phenoxy) is 1. The summed E-state index contributed by atoms with van der Waals surface area (Å²) < 4.78 is 4.77. The third-order valence-electron chi connectivity index (χ3n) is 3.06. The zero-order valence-electron chi connectivity index (χ0n) is 11.9. The van der Waals surface area contributed by atoms with Crippen molar-refractivity contribution in [2.24, 2.45) is 0 Å². The third kappa shape index (κ3) is 3.81. The molecule has 19 heavy (non-hydrogen) atoms. The van der Waals surface area contributed by atoms with Gasteiger partial charge >= 0.3 is 5.97 Å². The molecule has 1 aromatic rings. The third-order valence-corrected chi connectivity index (χ3v) is 3.06. The van der Waals surface area contributed by atoms with E-state index in [9.17, 15) is 9.59 Å². The van der Waals surface area contributed by atoms with E-state index in [0.717, 1.165) is 12.0 Å². The van der Waals surface area contributed by atoms with Crippen LogP contribution in [0.3, 0.4) is 0 Å². The Morgan fingerprint density at radius 3 is 2.58 bits per heavy atom. The molecule has 104 valence electrons. The Hall–Kier alpha value is -1.84. The van der Waals surface area contributed by atoms with Crippen LogP contribution in [0.1, 0.15) is 42.6 Å². The highest BCUT2D eigenvalue weighted by molar-refractivity contribution is 5.98. The summed E-state index contributed by atoms with van der Waals surface area (Å²) in [5.41, 5.74) is 0.568. The van der Waals surface area contributed by atoms with E-state index in [2.05, 4.69) is 5.32 Å². The number of amides is 1. The predicted molar refractivity (Wildman–Crippen MR) is 74.0 cm³/mol. The van der Waals surface area contributed by atoms with Crippen LogP contribution in [-0.2, 0) is 9.53 Å². The minimum Gasteiger partial charge on any atom is -0.467 e. The highest BCUT2D eigenvalue weighted by Crippen LogP contribution is 2.16. The van der Waals surface area contributed by atoms with Gasteiger partial charge in [-0.25, -0.2) is 4.79 Å². The molecule has 0 aliphatic heterocycles. The lowest BCUT2D eigenvalue weighted by atomic mass is 9.95. The van der Waals surface area contributed by atoms with E-state index < -0.39 is 11.5 Å². The van der Waals surface area contributed by atoms with Gasteiger partial charge in [0, 0.05) is 5.56 Å². The first-order valence-electron chi connectivity index (χ1n) is 6.40. The van der Waals surface area contributed by atoms with E-state index in [1.165, 1.54) is 7.11 Å². The fraction of sp³-hybridized carbons (Fsp3) is 0.467. The van der Waals surface area contributed by atoms with Gasteiger partial charge in [-0.1, -0.05) is 31.0 Å². The van der Waals surface area contributed by atoms with Crippen molar-refractivity contribution in [3.05, 3.63) is 35.4 Å². The van der Waals surface area contributed by atoms with Crippen molar-refractivity contribution in [2.45, 2.75) is 39.2 Å². The van der Waals surface area contributed by atoms with Gasteiger partial charge in [-0.05, 0) is 32.4 Å². The number of nitrogens with one attached hydrogen (secondary N) is 1. The van der Waals surface area contributed by atoms with Crippen LogP contribution < -0.4 is 5.32 Å². The second kappa shape index (κ2) is 6.36. The SMILES string of the molecule is CCCC(C)(NC(=O)c1cccc(C)c1)C(=O)OC. The van der Waals surface area contributed by atoms with Crippen LogP contribution in [0.5, 0.6) is 0 Å². The molecular weight excluding hydrogens is 242 g/mol. The number of esters is 1. The number of hydrogen-bond donors (Lipinski definition) is 1. The molecule has 0 spiro atoms. The normalized spacial score (nSPS) is 13.5. The predicted octanol–water partition coefficient (Wildman–Crippen LogP) is 2.46. The van der Waals surface area contributed by atoms with Gasteiger partial charge in [-0.15, -0.1) is 0 Å². The van der Waals surface area contributed by atoms with Gasteiger partial charge in [0.15, 0.2) is 0 Å². The van der Waals surface area contributed by atoms with Crippen molar-refractivity contribution in [3.8, 4) is 0 Å². The number of rotatable bonds is 5. The molecule has 1 N–H and O–H groups in total. The maximum absolute atomic E-state index is 12.2. The van der Waals surface area contributed by atoms with Crippen LogP contribution in [0.2, 0.25) is 0 Å². The number of benzene rings is 1. The van der Waals surface area contributed by atoms with Crippen LogP contribution in [-0.4, -0.2) is 24.5 Å². The summed E-state index contributed by atoms with van der Waals surface area (Å²) >= 11 is 0. The van der Waals surface area contributed by atoms with E-state index in [4.69, 9.17) is 4.74 Å². The fourth-order valence-electron chi connectivity index (χ4n) is 2.05. The summed E-state index contributed by atoms with van der Waals surface area (Å²) in [6.45, 7) is 5.57. The number of methoxy groups -OCH3 is 1. The minimum atomic E-state index is -0.982. The Balaban J connectivity index is 2.91. The van der Waals surface area contributed by atoms with E-state index in [-0.39, 0.29) is 5.91 Å². The van der Waals surface area contributed by atoms with Gasteiger partial charge < -0.3 is 10.1 Å². The van der Waals surface area contributed by atoms with E-state index in [1.807, 2.05) is 26.0 Å². The summed E-state index contributed by atoms with van der Waals surface area (Å²) in [5, 5.41) is 2.78. The average molecular weight is 263 g/mol. The zero-order valence-corrected chi connectivity index (χ0v) is 11.9. The standard InChI is InChI=1S/C15H21NO3/c1-5-9-15(3,14(18)19-4)16-13(17)12-8-6-7-11(2)10-12/h6-8,10H,5,9H2,1-4H3,(H,16,17). The van der Waals surface area contributed by atoms with Gasteiger partial charge in [0.1, 0.15) is 5.54 Å². The first-order chi connectivity index (χ1) is 8.92. The van der Waals surface area contributed by atoms with Gasteiger partial charge in [0.05, 0.1) is 7.11 Å². The molecule has 1 rings (SSSR count). The van der Waals surface area contributed by atoms with Gasteiger partial charge in [-0.2, -0.15) is 0 Å². The van der Waals surface area contributed by atoms with Crippen molar-refractivity contribution in [3.63, 3.8) is 0 Å². The van der Waals surface area contributed by atoms with Crippen LogP contribution in [0.15, 0.2) is 24.3 Å². The molecular formula is C15H21NO3. The molecule has 0 bridgehead atoms. The maximum atomic E-state index is 12.2. The lowest BCUT2D eigenvalue weighted by molar-refractivity contribution is -0.147. The number of aryl methyl sites for hydroxylation is 1. The van der Waals surface area contributed by atoms with Crippen LogP contribution in [0.4, 0.5) is 0 Å². The summed E-state index contributed by atoms with van der Waals surface area (Å²) in [6, 6.07) is 7.26. The second-order valence-electron chi connectivity index (χ2n) is 4.90. The molecule has 0 fully saturated rings. The Kier molecular flexibility index (Phi) is 5.10. The Morgan fingerprint density at radius 1 is 1.37 bits per heavy atom. The van der Waals surface area contributed by atoms with E-state index in [1.54, 1.807) is 19.1 Å². The molecule has 4 nitrogen and oxygen atoms in total. The molecule has 0 saturated carbocycles. The molecule has 1 amide bonds. The van der Waals surface area contributed by atoms with Gasteiger partial charge in [0.2, 0.25) is 0 Å². The largest absolute Gasteiger partial charge is 0.467 e. The first kappa shape index (κ1) is 15.2. The highest BCUT2D eigenvalue weighted by atomic mass is 16.5. The second-order valence-corrected chi connectivity index (χ2v) is 4.90. The summed E-state index contributed by atoms with van der Waals surface area (Å²) in [6.07, 6.45) is 1.32. The van der Waals surface area contributed by atoms with Crippen molar-refractivity contribution in [2.75, 3.05) is 7.11 Å². The van der Waals surface area contributed by atoms with Gasteiger partial charge in [0.25, 0.3) is 5.91 Å². The smallest absolute Gasteiger partial charge is 0.331 e. The van der Waals surface area contributed by atoms with Gasteiger partial charge in [-0.3, -0.25) is 4.79 Å². The molecule has 4 heteroatoms. The minimum absolute atomic E-state index is 0.259. The Bertz CT molecular complexity index is 470. The first-order valence-corrected chi connectivity index (χ1v) is 6.40. The van der Waals surface area contributed by atoms with Crippen LogP contribution in [0.25, 0.3) is 0 Å². The molecule has 0 aromatic heterocycles. The van der Waals surface area contributed by atoms with Crippen molar-refractivity contribution < 1.29 is 14.3 Å². The summed E-state index contributed by atoms with van der Waals surface area (Å²) in [4.78, 5) is 24.0. The topological polar surface area (TPSA) is 55.4 Å². The molecule has 0 heterocycles. The molecule has 1 atom stereocenters. The lowest BCUT2D eigenvalue weighted by Gasteiger charge is -2.27. The van der Waals surface area contributed by atoms with Crippen LogP contribution >= 0.6 is 0 Å². The molecule has 0 radical (unpaired) electrons. The van der Waals surface area contributed by atoms with Crippen molar-refractivity contribution in [1.82, 2.24) is 5.32 Å². The summed E-state index contributed by atoms with van der Waals surface area (Å²) in [7, 11) is 1.33. The quantitative estimate of drug-likeness (QED) is 0.830. The number of hydrogen-bond acceptors (Lipinski definition) is 3. The van der Waals surface area contributed by atoms with Crippen molar-refractivity contribution >= 4 is 11.9 Å². The maximum Gasteiger partial charge on any atom is 0.331 e. The summed E-state index contributed by atoms with van der Waals surface area (Å²) in [5.74, 6) is -0.680. The number of carbonyl (C=O) groups excluding carboxylic acids is 2. The molecule has 0 aliphatic rings. The molecule has 1 unspecified atom stereocenters. The Morgan fingerprint density at radius 2 is 2.05 bits per heavy atom. The van der Waals surface area contributed by atoms with Crippen molar-refractivity contribution in [1.29, 1.82) is 0 Å². The van der Waals surface area contributed by atoms with E-state index >= 15 is 0 Å². The molecule has 1 aromatic carbocycles. The monoisotopic (exact) mass is 263 g/mol.